The molecule has 0 unspecified atom stereocenters. The van der Waals surface area contributed by atoms with Gasteiger partial charge in [0.15, 0.2) is 0 Å². The van der Waals surface area contributed by atoms with Gasteiger partial charge in [-0.3, -0.25) is 4.79 Å². The van der Waals surface area contributed by atoms with Crippen molar-refractivity contribution in [1.29, 1.82) is 0 Å². The Bertz CT molecular complexity index is 150. The molecule has 1 saturated carbocycles. The van der Waals surface area contributed by atoms with Gasteiger partial charge in [0.2, 0.25) is 5.91 Å². The molecule has 0 saturated heterocycles. The summed E-state index contributed by atoms with van der Waals surface area (Å²) < 4.78 is 0. The number of amides is 1. The van der Waals surface area contributed by atoms with Crippen molar-refractivity contribution in [2.45, 2.75) is 12.8 Å². The van der Waals surface area contributed by atoms with Gasteiger partial charge in [0.25, 0.3) is 0 Å². The van der Waals surface area contributed by atoms with Crippen LogP contribution < -0.4 is 5.73 Å². The summed E-state index contributed by atoms with van der Waals surface area (Å²) in [5.41, 5.74) is 5.30. The van der Waals surface area contributed by atoms with Crippen LogP contribution in [0, 0.1) is 5.41 Å². The van der Waals surface area contributed by atoms with E-state index in [1.54, 1.807) is 19.0 Å². The van der Waals surface area contributed by atoms with E-state index in [2.05, 4.69) is 0 Å². The minimum atomic E-state index is -0.163. The van der Waals surface area contributed by atoms with Gasteiger partial charge in [-0.05, 0) is 12.8 Å². The average Bonchev–Trinajstić information content (AvgIpc) is 2.66. The fourth-order valence-corrected chi connectivity index (χ4v) is 1.13. The Morgan fingerprint density at radius 2 is 2.10 bits per heavy atom. The lowest BCUT2D eigenvalue weighted by Crippen LogP contribution is -2.35. The lowest BCUT2D eigenvalue weighted by molar-refractivity contribution is -0.134. The summed E-state index contributed by atoms with van der Waals surface area (Å²) in [6, 6.07) is 0. The van der Waals surface area contributed by atoms with E-state index in [1.165, 1.54) is 0 Å². The van der Waals surface area contributed by atoms with Crippen molar-refractivity contribution in [3.63, 3.8) is 0 Å². The smallest absolute Gasteiger partial charge is 0.229 e. The minimum Gasteiger partial charge on any atom is -0.348 e. The van der Waals surface area contributed by atoms with E-state index in [4.69, 9.17) is 5.73 Å². The predicted octanol–water partition coefficient (Wildman–Crippen LogP) is -0.187. The molecule has 0 aliphatic heterocycles. The van der Waals surface area contributed by atoms with Crippen molar-refractivity contribution in [2.24, 2.45) is 11.1 Å². The molecule has 58 valence electrons. The van der Waals surface area contributed by atoms with Crippen LogP contribution in [0.1, 0.15) is 12.8 Å². The molecule has 0 bridgehead atoms. The number of carbonyl (C=O) groups excluding carboxylic acids is 1. The summed E-state index contributed by atoms with van der Waals surface area (Å²) in [5, 5.41) is 0. The maximum absolute atomic E-state index is 11.3. The molecule has 0 radical (unpaired) electrons. The minimum absolute atomic E-state index is 0.163. The second-order valence-electron chi connectivity index (χ2n) is 3.18. The third-order valence-electron chi connectivity index (χ3n) is 2.10. The summed E-state index contributed by atoms with van der Waals surface area (Å²) >= 11 is 0. The summed E-state index contributed by atoms with van der Waals surface area (Å²) in [4.78, 5) is 12.9. The molecule has 10 heavy (non-hydrogen) atoms. The van der Waals surface area contributed by atoms with Gasteiger partial charge in [-0.15, -0.1) is 0 Å². The van der Waals surface area contributed by atoms with Gasteiger partial charge in [0.05, 0.1) is 5.41 Å². The van der Waals surface area contributed by atoms with Crippen molar-refractivity contribution in [3.8, 4) is 0 Å². The highest BCUT2D eigenvalue weighted by Crippen LogP contribution is 2.45. The molecule has 0 spiro atoms. The zero-order valence-electron chi connectivity index (χ0n) is 6.55. The highest BCUT2D eigenvalue weighted by molar-refractivity contribution is 5.85. The zero-order chi connectivity index (χ0) is 7.78. The second-order valence-corrected chi connectivity index (χ2v) is 3.18. The predicted molar refractivity (Wildman–Crippen MR) is 39.4 cm³/mol. The molecule has 0 aromatic rings. The van der Waals surface area contributed by atoms with Crippen LogP contribution in [0.4, 0.5) is 0 Å². The molecule has 0 heterocycles. The van der Waals surface area contributed by atoms with E-state index >= 15 is 0 Å². The first-order chi connectivity index (χ1) is 4.62. The van der Waals surface area contributed by atoms with Gasteiger partial charge in [-0.1, -0.05) is 0 Å². The molecular formula is C7H14N2O. The molecular weight excluding hydrogens is 128 g/mol. The molecule has 1 rings (SSSR count). The lowest BCUT2D eigenvalue weighted by atomic mass is 10.1. The van der Waals surface area contributed by atoms with Crippen molar-refractivity contribution >= 4 is 5.91 Å². The summed E-state index contributed by atoms with van der Waals surface area (Å²) in [6.45, 7) is 0.504. The topological polar surface area (TPSA) is 46.3 Å². The van der Waals surface area contributed by atoms with Crippen LogP contribution in [0.2, 0.25) is 0 Å². The number of nitrogens with two attached hydrogens (primary N) is 1. The maximum Gasteiger partial charge on any atom is 0.229 e. The third-order valence-corrected chi connectivity index (χ3v) is 2.10. The van der Waals surface area contributed by atoms with Gasteiger partial charge >= 0.3 is 0 Å². The van der Waals surface area contributed by atoms with Crippen LogP contribution in [0.3, 0.4) is 0 Å². The molecule has 0 aromatic carbocycles. The second kappa shape index (κ2) is 2.23. The Kier molecular flexibility index (Phi) is 1.68. The van der Waals surface area contributed by atoms with E-state index in [9.17, 15) is 4.79 Å². The normalized spacial score (nSPS) is 20.3. The molecule has 2 N–H and O–H groups in total. The first-order valence-corrected chi connectivity index (χ1v) is 3.54. The van der Waals surface area contributed by atoms with Gasteiger partial charge in [0, 0.05) is 20.6 Å². The quantitative estimate of drug-likeness (QED) is 0.581. The molecule has 1 fully saturated rings. The van der Waals surface area contributed by atoms with Crippen molar-refractivity contribution in [3.05, 3.63) is 0 Å². The van der Waals surface area contributed by atoms with Crippen LogP contribution in [0.5, 0.6) is 0 Å². The van der Waals surface area contributed by atoms with Crippen LogP contribution in [-0.2, 0) is 4.79 Å². The summed E-state index contributed by atoms with van der Waals surface area (Å²) in [6.07, 6.45) is 1.95. The maximum atomic E-state index is 11.3. The molecule has 3 nitrogen and oxygen atoms in total. The van der Waals surface area contributed by atoms with Crippen LogP contribution in [-0.4, -0.2) is 31.4 Å². The Hall–Kier alpha value is -0.570. The highest BCUT2D eigenvalue weighted by Gasteiger charge is 2.49. The van der Waals surface area contributed by atoms with Crippen LogP contribution in [0.25, 0.3) is 0 Å². The molecule has 0 aromatic heterocycles. The fraction of sp³-hybridized carbons (Fsp3) is 0.857. The lowest BCUT2D eigenvalue weighted by Gasteiger charge is -2.17. The van der Waals surface area contributed by atoms with E-state index < -0.39 is 0 Å². The number of rotatable bonds is 2. The van der Waals surface area contributed by atoms with Gasteiger partial charge in [-0.2, -0.15) is 0 Å². The summed E-state index contributed by atoms with van der Waals surface area (Å²) in [5.74, 6) is 0.190. The van der Waals surface area contributed by atoms with Crippen molar-refractivity contribution in [1.82, 2.24) is 4.90 Å². The van der Waals surface area contributed by atoms with E-state index in [1.807, 2.05) is 0 Å². The van der Waals surface area contributed by atoms with Gasteiger partial charge < -0.3 is 10.6 Å². The molecule has 1 aliphatic rings. The van der Waals surface area contributed by atoms with Gasteiger partial charge in [-0.25, -0.2) is 0 Å². The number of nitrogens with zero attached hydrogens (tertiary/aromatic N) is 1. The zero-order valence-corrected chi connectivity index (χ0v) is 6.55. The number of carbonyl (C=O) groups is 1. The first-order valence-electron chi connectivity index (χ1n) is 3.54. The number of hydrogen-bond donors (Lipinski definition) is 1. The molecule has 3 heteroatoms. The van der Waals surface area contributed by atoms with Crippen molar-refractivity contribution in [2.75, 3.05) is 20.6 Å². The Labute approximate surface area is 61.2 Å². The Morgan fingerprint density at radius 1 is 1.60 bits per heavy atom. The monoisotopic (exact) mass is 142 g/mol. The number of hydrogen-bond acceptors (Lipinski definition) is 2. The molecule has 1 aliphatic carbocycles. The van der Waals surface area contributed by atoms with Gasteiger partial charge in [0.1, 0.15) is 0 Å². The van der Waals surface area contributed by atoms with E-state index in [0.717, 1.165) is 12.8 Å². The van der Waals surface area contributed by atoms with Crippen molar-refractivity contribution < 1.29 is 4.79 Å². The standard InChI is InChI=1S/C7H14N2O/c1-9(2)6(10)7(5-8)3-4-7/h3-5,8H2,1-2H3. The van der Waals surface area contributed by atoms with E-state index in [0.29, 0.717) is 6.54 Å². The molecule has 1 amide bonds. The Balaban J connectivity index is 2.56. The SMILES string of the molecule is CN(C)C(=O)C1(CN)CC1. The highest BCUT2D eigenvalue weighted by atomic mass is 16.2. The third kappa shape index (κ3) is 1.01. The summed E-state index contributed by atoms with van der Waals surface area (Å²) in [7, 11) is 3.55. The first kappa shape index (κ1) is 7.54. The average molecular weight is 142 g/mol. The fourth-order valence-electron chi connectivity index (χ4n) is 1.13. The Morgan fingerprint density at radius 3 is 2.20 bits per heavy atom. The van der Waals surface area contributed by atoms with E-state index in [-0.39, 0.29) is 11.3 Å². The van der Waals surface area contributed by atoms with Crippen LogP contribution >= 0.6 is 0 Å². The van der Waals surface area contributed by atoms with Crippen LogP contribution in [0.15, 0.2) is 0 Å². The largest absolute Gasteiger partial charge is 0.348 e. The molecule has 0 atom stereocenters.